The highest BCUT2D eigenvalue weighted by atomic mass is 35.5. The van der Waals surface area contributed by atoms with E-state index in [1.807, 2.05) is 19.9 Å². The van der Waals surface area contributed by atoms with Gasteiger partial charge >= 0.3 is 0 Å². The molecule has 0 aliphatic heterocycles. The lowest BCUT2D eigenvalue weighted by atomic mass is 9.88. The van der Waals surface area contributed by atoms with Gasteiger partial charge < -0.3 is 5.32 Å². The summed E-state index contributed by atoms with van der Waals surface area (Å²) in [6.45, 7) is 5.89. The van der Waals surface area contributed by atoms with Gasteiger partial charge in [-0.3, -0.25) is 4.79 Å². The summed E-state index contributed by atoms with van der Waals surface area (Å²) in [6, 6.07) is 7.11. The number of ketones is 1. The first kappa shape index (κ1) is 18.9. The van der Waals surface area contributed by atoms with Crippen LogP contribution in [0.4, 0.5) is 11.5 Å². The normalized spacial score (nSPS) is 16.2. The van der Waals surface area contributed by atoms with Gasteiger partial charge in [-0.2, -0.15) is 0 Å². The highest BCUT2D eigenvalue weighted by Gasteiger charge is 2.32. The maximum Gasteiger partial charge on any atom is 0.251 e. The molecule has 2 heterocycles. The molecule has 0 spiro atoms. The first-order chi connectivity index (χ1) is 13.3. The second kappa shape index (κ2) is 7.18. The molecule has 1 atom stereocenters. The zero-order chi connectivity index (χ0) is 20.0. The van der Waals surface area contributed by atoms with E-state index < -0.39 is 0 Å². The molecule has 0 saturated heterocycles. The van der Waals surface area contributed by atoms with E-state index >= 15 is 0 Å². The largest absolute Gasteiger partial charge is 0.338 e. The van der Waals surface area contributed by atoms with E-state index in [-0.39, 0.29) is 11.7 Å². The van der Waals surface area contributed by atoms with Gasteiger partial charge in [0, 0.05) is 23.5 Å². The van der Waals surface area contributed by atoms with Crippen LogP contribution in [0.3, 0.4) is 0 Å². The number of nitrogens with one attached hydrogen (secondary N) is 1. The van der Waals surface area contributed by atoms with E-state index in [9.17, 15) is 4.79 Å². The minimum Gasteiger partial charge on any atom is -0.338 e. The predicted molar refractivity (Wildman–Crippen MR) is 110 cm³/mol. The van der Waals surface area contributed by atoms with Crippen LogP contribution in [0.15, 0.2) is 24.3 Å². The Balaban J connectivity index is 1.85. The number of halogens is 2. The maximum absolute atomic E-state index is 12.8. The van der Waals surface area contributed by atoms with Crippen molar-refractivity contribution in [3.05, 3.63) is 57.0 Å². The van der Waals surface area contributed by atoms with E-state index in [0.717, 1.165) is 23.5 Å². The van der Waals surface area contributed by atoms with Crippen LogP contribution in [0.25, 0.3) is 5.95 Å². The fourth-order valence-corrected chi connectivity index (χ4v) is 3.82. The molecule has 8 heteroatoms. The molecular weight excluding hydrogens is 397 g/mol. The van der Waals surface area contributed by atoms with Crippen molar-refractivity contribution >= 4 is 40.5 Å². The summed E-state index contributed by atoms with van der Waals surface area (Å²) in [7, 11) is 0. The molecule has 0 bridgehead atoms. The standard InChI is InChI=1S/C20H19Cl2N5O/c1-10-6-16-18(17(28)7-10)19(25-13-4-5-14(21)15(22)9-13)26-27(16)20-23-11(2)8-12(3)24-20/h4-5,8-10H,6-7H2,1-3H3,(H,25,26). The van der Waals surface area contributed by atoms with Crippen LogP contribution in [-0.2, 0) is 6.42 Å². The Kier molecular flexibility index (Phi) is 4.85. The Morgan fingerprint density at radius 1 is 1.07 bits per heavy atom. The predicted octanol–water partition coefficient (Wildman–Crippen LogP) is 5.09. The second-order valence-electron chi connectivity index (χ2n) is 7.22. The van der Waals surface area contributed by atoms with E-state index in [0.29, 0.717) is 39.5 Å². The molecular formula is C20H19Cl2N5O. The summed E-state index contributed by atoms with van der Waals surface area (Å²) in [6.07, 6.45) is 1.22. The van der Waals surface area contributed by atoms with Gasteiger partial charge in [-0.1, -0.05) is 30.1 Å². The molecule has 1 N–H and O–H groups in total. The molecule has 4 rings (SSSR count). The van der Waals surface area contributed by atoms with Gasteiger partial charge in [-0.25, -0.2) is 14.6 Å². The van der Waals surface area contributed by atoms with Gasteiger partial charge in [0.15, 0.2) is 11.6 Å². The quantitative estimate of drug-likeness (QED) is 0.644. The third-order valence-corrected chi connectivity index (χ3v) is 5.42. The van der Waals surface area contributed by atoms with Gasteiger partial charge in [0.1, 0.15) is 0 Å². The molecule has 144 valence electrons. The van der Waals surface area contributed by atoms with E-state index in [2.05, 4.69) is 27.3 Å². The smallest absolute Gasteiger partial charge is 0.251 e. The van der Waals surface area contributed by atoms with Gasteiger partial charge in [0.25, 0.3) is 5.95 Å². The summed E-state index contributed by atoms with van der Waals surface area (Å²) < 4.78 is 1.68. The van der Waals surface area contributed by atoms with Gasteiger partial charge in [0.05, 0.1) is 21.3 Å². The number of carbonyl (C=O) groups excluding carboxylic acids is 1. The first-order valence-corrected chi connectivity index (χ1v) is 9.77. The number of benzene rings is 1. The Morgan fingerprint density at radius 2 is 1.79 bits per heavy atom. The molecule has 28 heavy (non-hydrogen) atoms. The van der Waals surface area contributed by atoms with Crippen molar-refractivity contribution in [3.8, 4) is 5.95 Å². The summed E-state index contributed by atoms with van der Waals surface area (Å²) in [5.41, 5.74) is 3.82. The third kappa shape index (κ3) is 3.50. The SMILES string of the molecule is Cc1cc(C)nc(-n2nc(Nc3ccc(Cl)c(Cl)c3)c3c2CC(C)CC3=O)n1. The highest BCUT2D eigenvalue weighted by Crippen LogP contribution is 2.34. The number of aryl methyl sites for hydroxylation is 2. The molecule has 2 aromatic heterocycles. The Hall–Kier alpha value is -2.44. The molecule has 0 amide bonds. The summed E-state index contributed by atoms with van der Waals surface area (Å²) >= 11 is 12.1. The Labute approximate surface area is 172 Å². The lowest BCUT2D eigenvalue weighted by molar-refractivity contribution is 0.0953. The fraction of sp³-hybridized carbons (Fsp3) is 0.300. The maximum atomic E-state index is 12.8. The van der Waals surface area contributed by atoms with E-state index in [4.69, 9.17) is 23.2 Å². The van der Waals surface area contributed by atoms with Crippen LogP contribution in [0.5, 0.6) is 0 Å². The molecule has 0 radical (unpaired) electrons. The number of aromatic nitrogens is 4. The number of nitrogens with zero attached hydrogens (tertiary/aromatic N) is 4. The molecule has 1 unspecified atom stereocenters. The van der Waals surface area contributed by atoms with Crippen molar-refractivity contribution in [1.82, 2.24) is 19.7 Å². The van der Waals surface area contributed by atoms with Crippen molar-refractivity contribution in [3.63, 3.8) is 0 Å². The van der Waals surface area contributed by atoms with Crippen LogP contribution < -0.4 is 5.32 Å². The molecule has 1 aliphatic carbocycles. The second-order valence-corrected chi connectivity index (χ2v) is 8.04. The van der Waals surface area contributed by atoms with E-state index in [1.54, 1.807) is 22.9 Å². The van der Waals surface area contributed by atoms with Crippen molar-refractivity contribution in [2.75, 3.05) is 5.32 Å². The molecule has 1 aliphatic rings. The monoisotopic (exact) mass is 415 g/mol. The van der Waals surface area contributed by atoms with Crippen LogP contribution in [0, 0.1) is 19.8 Å². The molecule has 1 aromatic carbocycles. The van der Waals surface area contributed by atoms with Crippen LogP contribution >= 0.6 is 23.2 Å². The number of hydrogen-bond donors (Lipinski definition) is 1. The van der Waals surface area contributed by atoms with Crippen LogP contribution in [0.2, 0.25) is 10.0 Å². The van der Waals surface area contributed by atoms with Crippen LogP contribution in [-0.4, -0.2) is 25.5 Å². The van der Waals surface area contributed by atoms with Crippen LogP contribution in [0.1, 0.15) is 40.8 Å². The van der Waals surface area contributed by atoms with E-state index in [1.165, 1.54) is 0 Å². The number of hydrogen-bond acceptors (Lipinski definition) is 5. The summed E-state index contributed by atoms with van der Waals surface area (Å²) in [4.78, 5) is 21.9. The number of anilines is 2. The average Bonchev–Trinajstić information content (AvgIpc) is 2.96. The zero-order valence-electron chi connectivity index (χ0n) is 15.8. The number of fused-ring (bicyclic) bond motifs is 1. The summed E-state index contributed by atoms with van der Waals surface area (Å²) in [5, 5.41) is 8.77. The zero-order valence-corrected chi connectivity index (χ0v) is 17.3. The molecule has 3 aromatic rings. The van der Waals surface area contributed by atoms with Gasteiger partial charge in [-0.05, 0) is 50.5 Å². The topological polar surface area (TPSA) is 72.7 Å². The van der Waals surface area contributed by atoms with Crippen molar-refractivity contribution < 1.29 is 4.79 Å². The number of Topliss-reactive ketones (excluding diaryl/α,β-unsaturated/α-hetero) is 1. The molecule has 0 fully saturated rings. The summed E-state index contributed by atoms with van der Waals surface area (Å²) in [5.74, 6) is 1.25. The van der Waals surface area contributed by atoms with Crippen molar-refractivity contribution in [1.29, 1.82) is 0 Å². The highest BCUT2D eigenvalue weighted by molar-refractivity contribution is 6.42. The average molecular weight is 416 g/mol. The number of rotatable bonds is 3. The first-order valence-electron chi connectivity index (χ1n) is 9.01. The lowest BCUT2D eigenvalue weighted by Crippen LogP contribution is -2.20. The minimum absolute atomic E-state index is 0.0620. The minimum atomic E-state index is 0.0620. The molecule has 0 saturated carbocycles. The van der Waals surface area contributed by atoms with Crippen molar-refractivity contribution in [2.45, 2.75) is 33.6 Å². The van der Waals surface area contributed by atoms with Crippen molar-refractivity contribution in [2.24, 2.45) is 5.92 Å². The van der Waals surface area contributed by atoms with Gasteiger partial charge in [-0.15, -0.1) is 5.10 Å². The fourth-order valence-electron chi connectivity index (χ4n) is 3.52. The lowest BCUT2D eigenvalue weighted by Gasteiger charge is -2.19. The third-order valence-electron chi connectivity index (χ3n) is 4.68. The molecule has 6 nitrogen and oxygen atoms in total. The Bertz CT molecular complexity index is 1070. The van der Waals surface area contributed by atoms with Gasteiger partial charge in [0.2, 0.25) is 0 Å². The number of carbonyl (C=O) groups is 1. The Morgan fingerprint density at radius 3 is 2.46 bits per heavy atom.